The number of halogens is 3. The Bertz CT molecular complexity index is 584. The maximum absolute atomic E-state index is 12.1. The van der Waals surface area contributed by atoms with E-state index in [1.54, 1.807) is 0 Å². The van der Waals surface area contributed by atoms with Gasteiger partial charge in [0.05, 0.1) is 6.42 Å². The first-order valence-corrected chi connectivity index (χ1v) is 6.25. The third kappa shape index (κ3) is 2.76. The number of hydrogen-bond donors (Lipinski definition) is 1. The van der Waals surface area contributed by atoms with Crippen molar-refractivity contribution < 1.29 is 17.7 Å². The Balaban J connectivity index is 1.67. The van der Waals surface area contributed by atoms with Crippen molar-refractivity contribution in [2.45, 2.75) is 31.5 Å². The van der Waals surface area contributed by atoms with E-state index in [0.717, 1.165) is 11.3 Å². The van der Waals surface area contributed by atoms with Gasteiger partial charge in [0.1, 0.15) is 6.04 Å². The van der Waals surface area contributed by atoms with Gasteiger partial charge in [-0.15, -0.1) is 0 Å². The van der Waals surface area contributed by atoms with Crippen LogP contribution in [0.3, 0.4) is 0 Å². The zero-order valence-corrected chi connectivity index (χ0v) is 10.4. The highest BCUT2D eigenvalue weighted by Crippen LogP contribution is 2.33. The van der Waals surface area contributed by atoms with Crippen molar-refractivity contribution in [2.75, 3.05) is 5.32 Å². The standard InChI is InChI=1S/C13H12F3N3O/c14-13(15,16)6-5-11-18-12(20-19-11)10-7-8-3-1-2-4-9(8)17-10/h1-4,10,17H,5-7H2/t10-/m0/s1. The summed E-state index contributed by atoms with van der Waals surface area (Å²) in [5, 5.41) is 6.82. The van der Waals surface area contributed by atoms with Gasteiger partial charge in [0.2, 0.25) is 5.89 Å². The Kier molecular flexibility index (Phi) is 3.11. The topological polar surface area (TPSA) is 51.0 Å². The summed E-state index contributed by atoms with van der Waals surface area (Å²) in [6.45, 7) is 0. The summed E-state index contributed by atoms with van der Waals surface area (Å²) in [7, 11) is 0. The minimum atomic E-state index is -4.21. The summed E-state index contributed by atoms with van der Waals surface area (Å²) >= 11 is 0. The first-order chi connectivity index (χ1) is 9.51. The molecule has 0 spiro atoms. The van der Waals surface area contributed by atoms with E-state index in [1.807, 2.05) is 24.3 Å². The Labute approximate surface area is 113 Å². The minimum Gasteiger partial charge on any atom is -0.373 e. The first-order valence-electron chi connectivity index (χ1n) is 6.25. The summed E-state index contributed by atoms with van der Waals surface area (Å²) in [6, 6.07) is 7.61. The number of aromatic nitrogens is 2. The van der Waals surface area contributed by atoms with Crippen LogP contribution in [-0.4, -0.2) is 16.3 Å². The van der Waals surface area contributed by atoms with Gasteiger partial charge >= 0.3 is 6.18 Å². The van der Waals surface area contributed by atoms with Gasteiger partial charge < -0.3 is 9.84 Å². The zero-order valence-electron chi connectivity index (χ0n) is 10.4. The number of fused-ring (bicyclic) bond motifs is 1. The molecule has 0 saturated carbocycles. The molecule has 0 amide bonds. The molecular weight excluding hydrogens is 271 g/mol. The molecule has 0 saturated heterocycles. The van der Waals surface area contributed by atoms with E-state index in [9.17, 15) is 13.2 Å². The van der Waals surface area contributed by atoms with Crippen LogP contribution in [0, 0.1) is 0 Å². The van der Waals surface area contributed by atoms with Crippen LogP contribution in [0.2, 0.25) is 0 Å². The summed E-state index contributed by atoms with van der Waals surface area (Å²) in [6.07, 6.45) is -4.71. The molecule has 20 heavy (non-hydrogen) atoms. The molecule has 0 radical (unpaired) electrons. The lowest BCUT2D eigenvalue weighted by Crippen LogP contribution is -2.09. The van der Waals surface area contributed by atoms with Crippen molar-refractivity contribution in [1.29, 1.82) is 0 Å². The third-order valence-electron chi connectivity index (χ3n) is 3.19. The van der Waals surface area contributed by atoms with Crippen LogP contribution >= 0.6 is 0 Å². The Morgan fingerprint density at radius 2 is 2.10 bits per heavy atom. The van der Waals surface area contributed by atoms with Crippen molar-refractivity contribution in [3.05, 3.63) is 41.5 Å². The second-order valence-electron chi connectivity index (χ2n) is 4.72. The lowest BCUT2D eigenvalue weighted by molar-refractivity contribution is -0.134. The van der Waals surface area contributed by atoms with Gasteiger partial charge in [0.25, 0.3) is 0 Å². The second-order valence-corrected chi connectivity index (χ2v) is 4.72. The molecule has 0 aliphatic carbocycles. The molecule has 106 valence electrons. The van der Waals surface area contributed by atoms with Crippen molar-refractivity contribution in [3.63, 3.8) is 0 Å². The number of nitrogens with zero attached hydrogens (tertiary/aromatic N) is 2. The predicted molar refractivity (Wildman–Crippen MR) is 65.2 cm³/mol. The fraction of sp³-hybridized carbons (Fsp3) is 0.385. The normalized spacial score (nSPS) is 17.9. The average Bonchev–Trinajstić information content (AvgIpc) is 3.01. The molecule has 4 nitrogen and oxygen atoms in total. The minimum absolute atomic E-state index is 0.0927. The number of anilines is 1. The highest BCUT2D eigenvalue weighted by molar-refractivity contribution is 5.56. The fourth-order valence-corrected chi connectivity index (χ4v) is 2.21. The summed E-state index contributed by atoms with van der Waals surface area (Å²) in [5.74, 6) is 0.424. The lowest BCUT2D eigenvalue weighted by Gasteiger charge is -2.04. The summed E-state index contributed by atoms with van der Waals surface area (Å²) in [4.78, 5) is 4.04. The summed E-state index contributed by atoms with van der Waals surface area (Å²) < 4.78 is 41.4. The number of aryl methyl sites for hydroxylation is 1. The zero-order chi connectivity index (χ0) is 14.2. The summed E-state index contributed by atoms with van der Waals surface area (Å²) in [5.41, 5.74) is 2.13. The molecule has 3 rings (SSSR count). The molecule has 1 N–H and O–H groups in total. The largest absolute Gasteiger partial charge is 0.389 e. The van der Waals surface area contributed by atoms with Gasteiger partial charge in [-0.1, -0.05) is 23.4 Å². The number of nitrogens with one attached hydrogen (secondary N) is 1. The second kappa shape index (κ2) is 4.81. The monoisotopic (exact) mass is 283 g/mol. The Morgan fingerprint density at radius 3 is 2.85 bits per heavy atom. The van der Waals surface area contributed by atoms with Gasteiger partial charge in [0, 0.05) is 18.5 Å². The lowest BCUT2D eigenvalue weighted by atomic mass is 10.1. The van der Waals surface area contributed by atoms with Crippen molar-refractivity contribution in [2.24, 2.45) is 0 Å². The molecule has 1 aliphatic heterocycles. The van der Waals surface area contributed by atoms with Crippen LogP contribution in [0.15, 0.2) is 28.8 Å². The number of benzene rings is 1. The van der Waals surface area contributed by atoms with E-state index < -0.39 is 12.6 Å². The quantitative estimate of drug-likeness (QED) is 0.939. The molecule has 0 unspecified atom stereocenters. The molecule has 2 heterocycles. The van der Waals surface area contributed by atoms with Crippen LogP contribution in [0.4, 0.5) is 18.9 Å². The van der Waals surface area contributed by atoms with E-state index in [0.29, 0.717) is 12.3 Å². The SMILES string of the molecule is FC(F)(F)CCc1noc([C@@H]2Cc3ccccc3N2)n1. The van der Waals surface area contributed by atoms with Gasteiger partial charge in [-0.05, 0) is 11.6 Å². The van der Waals surface area contributed by atoms with Crippen LogP contribution in [0.5, 0.6) is 0 Å². The molecule has 0 fully saturated rings. The Morgan fingerprint density at radius 1 is 1.30 bits per heavy atom. The number of hydrogen-bond acceptors (Lipinski definition) is 4. The third-order valence-corrected chi connectivity index (χ3v) is 3.19. The fourth-order valence-electron chi connectivity index (χ4n) is 2.21. The number of para-hydroxylation sites is 1. The maximum Gasteiger partial charge on any atom is 0.389 e. The van der Waals surface area contributed by atoms with Gasteiger partial charge in [-0.3, -0.25) is 0 Å². The van der Waals surface area contributed by atoms with Crippen molar-refractivity contribution in [1.82, 2.24) is 10.1 Å². The van der Waals surface area contributed by atoms with E-state index >= 15 is 0 Å². The van der Waals surface area contributed by atoms with Crippen LogP contribution < -0.4 is 5.32 Å². The van der Waals surface area contributed by atoms with E-state index in [1.165, 1.54) is 0 Å². The van der Waals surface area contributed by atoms with Gasteiger partial charge in [-0.2, -0.15) is 18.2 Å². The van der Waals surface area contributed by atoms with Gasteiger partial charge in [-0.25, -0.2) is 0 Å². The Hall–Kier alpha value is -2.05. The van der Waals surface area contributed by atoms with E-state index in [2.05, 4.69) is 15.5 Å². The van der Waals surface area contributed by atoms with Crippen LogP contribution in [0.1, 0.15) is 29.7 Å². The van der Waals surface area contributed by atoms with Crippen LogP contribution in [0.25, 0.3) is 0 Å². The number of alkyl halides is 3. The molecule has 2 aromatic rings. The maximum atomic E-state index is 12.1. The average molecular weight is 283 g/mol. The first kappa shape index (κ1) is 13.0. The molecule has 1 aliphatic rings. The number of rotatable bonds is 3. The molecule has 1 aromatic heterocycles. The van der Waals surface area contributed by atoms with Crippen molar-refractivity contribution >= 4 is 5.69 Å². The van der Waals surface area contributed by atoms with E-state index in [-0.39, 0.29) is 18.3 Å². The molecule has 0 bridgehead atoms. The van der Waals surface area contributed by atoms with Crippen LogP contribution in [-0.2, 0) is 12.8 Å². The molecule has 1 aromatic carbocycles. The van der Waals surface area contributed by atoms with Gasteiger partial charge in [0.15, 0.2) is 5.82 Å². The smallest absolute Gasteiger partial charge is 0.373 e. The molecule has 1 atom stereocenters. The van der Waals surface area contributed by atoms with E-state index in [4.69, 9.17) is 4.52 Å². The molecule has 7 heteroatoms. The highest BCUT2D eigenvalue weighted by atomic mass is 19.4. The van der Waals surface area contributed by atoms with Crippen molar-refractivity contribution in [3.8, 4) is 0 Å². The predicted octanol–water partition coefficient (Wildman–Crippen LogP) is 3.27. The highest BCUT2D eigenvalue weighted by Gasteiger charge is 2.29. The molecular formula is C13H12F3N3O.